The van der Waals surface area contributed by atoms with Gasteiger partial charge in [-0.15, -0.1) is 0 Å². The van der Waals surface area contributed by atoms with Crippen LogP contribution in [0.2, 0.25) is 5.02 Å². The molecule has 1 saturated heterocycles. The lowest BCUT2D eigenvalue weighted by Crippen LogP contribution is -2.50. The summed E-state index contributed by atoms with van der Waals surface area (Å²) in [6, 6.07) is 1.71. The van der Waals surface area contributed by atoms with E-state index in [2.05, 4.69) is 21.2 Å². The van der Waals surface area contributed by atoms with Crippen LogP contribution < -0.4 is 5.32 Å². The number of ether oxygens (including phenoxy) is 1. The van der Waals surface area contributed by atoms with Crippen molar-refractivity contribution in [3.8, 4) is 0 Å². The van der Waals surface area contributed by atoms with Gasteiger partial charge in [-0.2, -0.15) is 0 Å². The van der Waals surface area contributed by atoms with Gasteiger partial charge < -0.3 is 20.1 Å². The summed E-state index contributed by atoms with van der Waals surface area (Å²) in [6.45, 7) is 0.312. The summed E-state index contributed by atoms with van der Waals surface area (Å²) in [6.07, 6.45) is -1.06. The highest BCUT2D eigenvalue weighted by atomic mass is 79.9. The number of urea groups is 1. The number of aliphatic carboxylic acids is 1. The second kappa shape index (κ2) is 6.59. The van der Waals surface area contributed by atoms with Crippen molar-refractivity contribution in [1.82, 2.24) is 4.90 Å². The molecule has 2 amide bonds. The van der Waals surface area contributed by atoms with Gasteiger partial charge >= 0.3 is 12.0 Å². The van der Waals surface area contributed by atoms with Gasteiger partial charge in [0.2, 0.25) is 0 Å². The Morgan fingerprint density at radius 3 is 2.86 bits per heavy atom. The van der Waals surface area contributed by atoms with Crippen molar-refractivity contribution in [3.63, 3.8) is 0 Å². The predicted molar refractivity (Wildman–Crippen MR) is 77.1 cm³/mol. The van der Waals surface area contributed by atoms with Gasteiger partial charge in [-0.1, -0.05) is 11.6 Å². The number of carbonyl (C=O) groups excluding carboxylic acids is 1. The number of hydrogen-bond donors (Lipinski definition) is 2. The lowest BCUT2D eigenvalue weighted by atomic mass is 10.3. The Morgan fingerprint density at radius 2 is 2.24 bits per heavy atom. The summed E-state index contributed by atoms with van der Waals surface area (Å²) in [5.41, 5.74) is 0.224. The quantitative estimate of drug-likeness (QED) is 0.825. The summed E-state index contributed by atoms with van der Waals surface area (Å²) >= 11 is 8.98. The van der Waals surface area contributed by atoms with Crippen molar-refractivity contribution in [1.29, 1.82) is 0 Å². The number of rotatable bonds is 2. The van der Waals surface area contributed by atoms with E-state index in [1.807, 2.05) is 0 Å². The molecule has 0 saturated carbocycles. The maximum atomic E-state index is 13.1. The van der Waals surface area contributed by atoms with Crippen molar-refractivity contribution >= 4 is 45.2 Å². The first-order valence-electron chi connectivity index (χ1n) is 5.93. The van der Waals surface area contributed by atoms with Gasteiger partial charge in [0.05, 0.1) is 23.9 Å². The molecule has 6 nitrogen and oxygen atoms in total. The molecule has 9 heteroatoms. The molecule has 1 unspecified atom stereocenters. The fourth-order valence-electron chi connectivity index (χ4n) is 1.83. The molecule has 2 N–H and O–H groups in total. The third-order valence-electron chi connectivity index (χ3n) is 2.87. The van der Waals surface area contributed by atoms with Gasteiger partial charge in [0, 0.05) is 11.0 Å². The van der Waals surface area contributed by atoms with Crippen LogP contribution in [0.25, 0.3) is 0 Å². The summed E-state index contributed by atoms with van der Waals surface area (Å²) in [4.78, 5) is 24.3. The average molecular weight is 382 g/mol. The monoisotopic (exact) mass is 380 g/mol. The van der Waals surface area contributed by atoms with Gasteiger partial charge in [-0.3, -0.25) is 0 Å². The van der Waals surface area contributed by atoms with Crippen LogP contribution >= 0.6 is 27.5 Å². The molecule has 2 rings (SSSR count). The molecule has 0 spiro atoms. The van der Waals surface area contributed by atoms with E-state index >= 15 is 0 Å². The molecule has 1 aliphatic rings. The van der Waals surface area contributed by atoms with Gasteiger partial charge in [0.25, 0.3) is 0 Å². The molecule has 1 atom stereocenters. The predicted octanol–water partition coefficient (Wildman–Crippen LogP) is 2.56. The zero-order valence-corrected chi connectivity index (χ0v) is 12.9. The Kier molecular flexibility index (Phi) is 5.02. The minimum absolute atomic E-state index is 0.0401. The minimum atomic E-state index is -1.13. The highest BCUT2D eigenvalue weighted by Crippen LogP contribution is 2.32. The number of carboxylic acids is 1. The summed E-state index contributed by atoms with van der Waals surface area (Å²) in [7, 11) is 0. The largest absolute Gasteiger partial charge is 0.479 e. The van der Waals surface area contributed by atoms with Crippen LogP contribution in [0.4, 0.5) is 14.9 Å². The van der Waals surface area contributed by atoms with Crippen LogP contribution in [0.3, 0.4) is 0 Å². The normalized spacial score (nSPS) is 18.4. The Morgan fingerprint density at radius 1 is 1.52 bits per heavy atom. The van der Waals surface area contributed by atoms with E-state index in [-0.39, 0.29) is 30.4 Å². The zero-order chi connectivity index (χ0) is 15.6. The third kappa shape index (κ3) is 3.84. The van der Waals surface area contributed by atoms with E-state index in [0.29, 0.717) is 4.47 Å². The van der Waals surface area contributed by atoms with E-state index in [0.717, 1.165) is 6.07 Å². The van der Waals surface area contributed by atoms with Crippen LogP contribution in [0.5, 0.6) is 0 Å². The molecule has 1 aromatic rings. The smallest absolute Gasteiger partial charge is 0.334 e. The van der Waals surface area contributed by atoms with E-state index in [9.17, 15) is 14.0 Å². The van der Waals surface area contributed by atoms with Crippen molar-refractivity contribution in [2.75, 3.05) is 25.0 Å². The molecule has 0 aliphatic carbocycles. The van der Waals surface area contributed by atoms with Crippen molar-refractivity contribution in [2.24, 2.45) is 0 Å². The number of benzene rings is 1. The van der Waals surface area contributed by atoms with E-state index in [4.69, 9.17) is 21.4 Å². The summed E-state index contributed by atoms with van der Waals surface area (Å²) in [5.74, 6) is -1.67. The van der Waals surface area contributed by atoms with Crippen LogP contribution in [-0.2, 0) is 9.53 Å². The van der Waals surface area contributed by atoms with Crippen LogP contribution in [0.1, 0.15) is 0 Å². The molecule has 114 valence electrons. The number of hydrogen-bond acceptors (Lipinski definition) is 3. The Balaban J connectivity index is 2.10. The number of morpholine rings is 1. The summed E-state index contributed by atoms with van der Waals surface area (Å²) in [5, 5.41) is 11.5. The van der Waals surface area contributed by atoms with Gasteiger partial charge in [-0.05, 0) is 28.1 Å². The molecule has 21 heavy (non-hydrogen) atoms. The van der Waals surface area contributed by atoms with Crippen LogP contribution in [0, 0.1) is 5.82 Å². The second-order valence-electron chi connectivity index (χ2n) is 4.32. The molecule has 1 aliphatic heterocycles. The number of anilines is 1. The third-order valence-corrected chi connectivity index (χ3v) is 3.79. The first-order valence-corrected chi connectivity index (χ1v) is 7.10. The van der Waals surface area contributed by atoms with E-state index in [1.165, 1.54) is 11.0 Å². The number of halogens is 3. The second-order valence-corrected chi connectivity index (χ2v) is 5.58. The minimum Gasteiger partial charge on any atom is -0.479 e. The highest BCUT2D eigenvalue weighted by Gasteiger charge is 2.29. The number of carbonyl (C=O) groups is 2. The van der Waals surface area contributed by atoms with E-state index in [1.54, 1.807) is 0 Å². The maximum absolute atomic E-state index is 13.1. The van der Waals surface area contributed by atoms with Crippen molar-refractivity contribution in [3.05, 3.63) is 27.4 Å². The van der Waals surface area contributed by atoms with Gasteiger partial charge in [0.1, 0.15) is 5.82 Å². The Labute approximate surface area is 132 Å². The highest BCUT2D eigenvalue weighted by molar-refractivity contribution is 9.10. The molecule has 1 fully saturated rings. The maximum Gasteiger partial charge on any atom is 0.334 e. The molecule has 0 aromatic heterocycles. The lowest BCUT2D eigenvalue weighted by molar-refractivity contribution is -0.154. The zero-order valence-electron chi connectivity index (χ0n) is 10.6. The number of nitrogens with zero attached hydrogens (tertiary/aromatic N) is 1. The topological polar surface area (TPSA) is 78.9 Å². The fraction of sp³-hybridized carbons (Fsp3) is 0.333. The molecule has 1 heterocycles. The van der Waals surface area contributed by atoms with Crippen molar-refractivity contribution in [2.45, 2.75) is 6.10 Å². The van der Waals surface area contributed by atoms with Crippen molar-refractivity contribution < 1.29 is 23.8 Å². The van der Waals surface area contributed by atoms with E-state index < -0.39 is 23.9 Å². The first-order chi connectivity index (χ1) is 9.88. The Bertz CT molecular complexity index is 563. The molecular formula is C12H11BrClFN2O4. The Hall–Kier alpha value is -1.38. The number of nitrogens with one attached hydrogen (secondary N) is 1. The van der Waals surface area contributed by atoms with Gasteiger partial charge in [-0.25, -0.2) is 14.0 Å². The fourth-order valence-corrected chi connectivity index (χ4v) is 2.73. The molecule has 1 aromatic carbocycles. The average Bonchev–Trinajstić information content (AvgIpc) is 2.42. The lowest BCUT2D eigenvalue weighted by Gasteiger charge is -2.31. The standard InChI is InChI=1S/C12H11BrClFN2O4/c13-7-3-6(15)4-8(14)10(7)16-12(20)17-1-2-21-9(5-17)11(18)19/h3-4,9H,1-2,5H2,(H,16,20)(H,18,19). The summed E-state index contributed by atoms with van der Waals surface area (Å²) < 4.78 is 18.4. The first kappa shape index (κ1) is 16.0. The SMILES string of the molecule is O=C(O)C1CN(C(=O)Nc2c(Cl)cc(F)cc2Br)CCO1. The van der Waals surface area contributed by atoms with Crippen LogP contribution in [0.15, 0.2) is 16.6 Å². The molecule has 0 radical (unpaired) electrons. The molecular weight excluding hydrogens is 370 g/mol. The van der Waals surface area contributed by atoms with Gasteiger partial charge in [0.15, 0.2) is 6.10 Å². The number of amides is 2. The number of carboxylic acid groups (broad SMARTS) is 1. The van der Waals surface area contributed by atoms with Crippen LogP contribution in [-0.4, -0.2) is 47.8 Å². The molecule has 0 bridgehead atoms.